The van der Waals surface area contributed by atoms with E-state index >= 15 is 0 Å². The van der Waals surface area contributed by atoms with E-state index in [9.17, 15) is 4.79 Å². The molecular weight excluding hydrogens is 527 g/mol. The van der Waals surface area contributed by atoms with E-state index in [0.717, 1.165) is 63.9 Å². The Morgan fingerprint density at radius 3 is 2.55 bits per heavy atom. The molecule has 2 heterocycles. The van der Waals surface area contributed by atoms with Crippen molar-refractivity contribution >= 4 is 35.8 Å². The predicted octanol–water partition coefficient (Wildman–Crippen LogP) is 4.56. The summed E-state index contributed by atoms with van der Waals surface area (Å²) < 4.78 is 6.24. The lowest BCUT2D eigenvalue weighted by molar-refractivity contribution is -0.128. The van der Waals surface area contributed by atoms with E-state index in [2.05, 4.69) is 41.4 Å². The largest absolute Gasteiger partial charge is 0.378 e. The zero-order chi connectivity index (χ0) is 22.2. The van der Waals surface area contributed by atoms with Crippen LogP contribution >= 0.6 is 24.0 Å². The normalized spacial score (nSPS) is 20.4. The van der Waals surface area contributed by atoms with Gasteiger partial charge in [-0.05, 0) is 56.1 Å². The average molecular weight is 569 g/mol. The van der Waals surface area contributed by atoms with Gasteiger partial charge < -0.3 is 19.9 Å². The number of aliphatic imine (C=N–C) groups is 1. The van der Waals surface area contributed by atoms with Gasteiger partial charge in [-0.2, -0.15) is 0 Å². The maximum atomic E-state index is 11.9. The van der Waals surface area contributed by atoms with E-state index in [4.69, 9.17) is 9.73 Å². The highest BCUT2D eigenvalue weighted by Gasteiger charge is 2.24. The molecule has 0 spiro atoms. The number of carbonyl (C=O) groups excluding carboxylic acids is 1. The van der Waals surface area contributed by atoms with Crippen LogP contribution in [0.3, 0.4) is 0 Å². The van der Waals surface area contributed by atoms with Crippen molar-refractivity contribution in [2.75, 3.05) is 32.8 Å². The summed E-state index contributed by atoms with van der Waals surface area (Å²) in [7, 11) is 0. The molecule has 6 nitrogen and oxygen atoms in total. The Kier molecular flexibility index (Phi) is 10.8. The van der Waals surface area contributed by atoms with Crippen LogP contribution in [0.2, 0.25) is 0 Å². The molecule has 1 aliphatic carbocycles. The van der Waals surface area contributed by atoms with Crippen LogP contribution in [-0.4, -0.2) is 60.6 Å². The summed E-state index contributed by atoms with van der Waals surface area (Å²) in [6.45, 7) is 8.20. The van der Waals surface area contributed by atoms with Gasteiger partial charge in [0.25, 0.3) is 0 Å². The van der Waals surface area contributed by atoms with Gasteiger partial charge in [-0.1, -0.05) is 37.1 Å². The van der Waals surface area contributed by atoms with Crippen molar-refractivity contribution in [3.8, 4) is 0 Å². The van der Waals surface area contributed by atoms with Gasteiger partial charge in [0.05, 0.1) is 12.6 Å². The second-order valence-corrected chi connectivity index (χ2v) is 9.58. The summed E-state index contributed by atoms with van der Waals surface area (Å²) in [6.07, 6.45) is 9.71. The van der Waals surface area contributed by atoms with Crippen LogP contribution in [0.25, 0.3) is 0 Å². The number of halogens is 1. The number of likely N-dealkylation sites (tertiary alicyclic amines) is 2. The molecule has 33 heavy (non-hydrogen) atoms. The highest BCUT2D eigenvalue weighted by atomic mass is 127. The molecular formula is C26H41IN4O2. The first kappa shape index (κ1) is 26.3. The van der Waals surface area contributed by atoms with Gasteiger partial charge in [-0.3, -0.25) is 4.79 Å². The molecule has 0 atom stereocenters. The highest BCUT2D eigenvalue weighted by molar-refractivity contribution is 14.0. The van der Waals surface area contributed by atoms with Gasteiger partial charge >= 0.3 is 0 Å². The van der Waals surface area contributed by atoms with E-state index in [0.29, 0.717) is 25.6 Å². The maximum absolute atomic E-state index is 11.9. The lowest BCUT2D eigenvalue weighted by atomic mass is 10.1. The quantitative estimate of drug-likeness (QED) is 0.284. The second-order valence-electron chi connectivity index (χ2n) is 9.58. The Labute approximate surface area is 216 Å². The van der Waals surface area contributed by atoms with E-state index < -0.39 is 0 Å². The van der Waals surface area contributed by atoms with E-state index in [-0.39, 0.29) is 29.9 Å². The van der Waals surface area contributed by atoms with E-state index in [1.807, 2.05) is 4.90 Å². The second kappa shape index (κ2) is 13.5. The van der Waals surface area contributed by atoms with Gasteiger partial charge in [0.2, 0.25) is 5.91 Å². The van der Waals surface area contributed by atoms with Crippen molar-refractivity contribution in [1.29, 1.82) is 0 Å². The monoisotopic (exact) mass is 568 g/mol. The minimum absolute atomic E-state index is 0. The number of ether oxygens (including phenoxy) is 1. The fourth-order valence-corrected chi connectivity index (χ4v) is 5.19. The number of guanidine groups is 1. The fourth-order valence-electron chi connectivity index (χ4n) is 5.19. The van der Waals surface area contributed by atoms with Crippen molar-refractivity contribution in [3.05, 3.63) is 35.4 Å². The Morgan fingerprint density at radius 1 is 1.09 bits per heavy atom. The molecule has 1 aromatic rings. The smallest absolute Gasteiger partial charge is 0.222 e. The lowest BCUT2D eigenvalue weighted by Crippen LogP contribution is -2.47. The molecule has 2 aliphatic heterocycles. The summed E-state index contributed by atoms with van der Waals surface area (Å²) in [4.78, 5) is 21.2. The topological polar surface area (TPSA) is 57.2 Å². The average Bonchev–Trinajstić information content (AvgIpc) is 3.48. The first-order chi connectivity index (χ1) is 15.7. The number of piperidine rings is 1. The van der Waals surface area contributed by atoms with Crippen molar-refractivity contribution in [1.82, 2.24) is 15.1 Å². The van der Waals surface area contributed by atoms with Gasteiger partial charge in [0, 0.05) is 45.8 Å². The number of rotatable bonds is 8. The summed E-state index contributed by atoms with van der Waals surface area (Å²) >= 11 is 0. The zero-order valence-corrected chi connectivity index (χ0v) is 22.5. The number of carbonyl (C=O) groups is 1. The number of nitrogens with zero attached hydrogens (tertiary/aromatic N) is 3. The van der Waals surface area contributed by atoms with Crippen LogP contribution in [0.1, 0.15) is 69.4 Å². The minimum atomic E-state index is 0. The molecule has 0 aromatic heterocycles. The summed E-state index contributed by atoms with van der Waals surface area (Å²) in [5, 5.41) is 3.48. The Balaban J connectivity index is 0.00000306. The molecule has 1 N–H and O–H groups in total. The number of hydrogen-bond donors (Lipinski definition) is 1. The number of nitrogens with one attached hydrogen (secondary N) is 1. The Bertz CT molecular complexity index is 773. The molecule has 3 aliphatic rings. The standard InChI is InChI=1S/C26H40N4O2.HI/c1-2-27-26(29-15-12-24(13-16-29)32-20-21-7-3-4-8-21)28-18-22-9-5-10-23(17-22)19-30-14-6-11-25(30)31;/h5,9-10,17,21,24H,2-4,6-8,11-16,18-20H2,1H3,(H,27,28);1H. The zero-order valence-electron chi connectivity index (χ0n) is 20.1. The number of amides is 1. The summed E-state index contributed by atoms with van der Waals surface area (Å²) in [5.74, 6) is 2.08. The van der Waals surface area contributed by atoms with Gasteiger partial charge in [0.15, 0.2) is 5.96 Å². The van der Waals surface area contributed by atoms with Gasteiger partial charge in [-0.25, -0.2) is 4.99 Å². The molecule has 1 aromatic carbocycles. The third-order valence-corrected chi connectivity index (χ3v) is 7.07. The van der Waals surface area contributed by atoms with Crippen LogP contribution in [0.4, 0.5) is 0 Å². The molecule has 1 saturated carbocycles. The molecule has 4 rings (SSSR count). The molecule has 0 bridgehead atoms. The van der Waals surface area contributed by atoms with Crippen LogP contribution < -0.4 is 5.32 Å². The first-order valence-corrected chi connectivity index (χ1v) is 12.7. The van der Waals surface area contributed by atoms with Crippen molar-refractivity contribution in [3.63, 3.8) is 0 Å². The molecule has 0 radical (unpaired) electrons. The van der Waals surface area contributed by atoms with E-state index in [1.165, 1.54) is 36.8 Å². The van der Waals surface area contributed by atoms with Crippen LogP contribution in [0.15, 0.2) is 29.3 Å². The summed E-state index contributed by atoms with van der Waals surface area (Å²) in [5.41, 5.74) is 2.39. The first-order valence-electron chi connectivity index (χ1n) is 12.7. The Morgan fingerprint density at radius 2 is 1.85 bits per heavy atom. The van der Waals surface area contributed by atoms with Crippen LogP contribution in [-0.2, 0) is 22.6 Å². The van der Waals surface area contributed by atoms with Crippen molar-refractivity contribution < 1.29 is 9.53 Å². The van der Waals surface area contributed by atoms with Crippen LogP contribution in [0, 0.1) is 5.92 Å². The van der Waals surface area contributed by atoms with Crippen LogP contribution in [0.5, 0.6) is 0 Å². The molecule has 7 heteroatoms. The van der Waals surface area contributed by atoms with Crippen molar-refractivity contribution in [2.24, 2.45) is 10.9 Å². The molecule has 1 amide bonds. The number of hydrogen-bond acceptors (Lipinski definition) is 3. The highest BCUT2D eigenvalue weighted by Crippen LogP contribution is 2.26. The van der Waals surface area contributed by atoms with Crippen molar-refractivity contribution in [2.45, 2.75) is 77.5 Å². The summed E-state index contributed by atoms with van der Waals surface area (Å²) in [6, 6.07) is 8.52. The van der Waals surface area contributed by atoms with Gasteiger partial charge in [-0.15, -0.1) is 24.0 Å². The third-order valence-electron chi connectivity index (χ3n) is 7.07. The Hall–Kier alpha value is -1.35. The SMILES string of the molecule is CCNC(=NCc1cccc(CN2CCCC2=O)c1)N1CCC(OCC2CCCC2)CC1.I. The number of benzene rings is 1. The fraction of sp³-hybridized carbons (Fsp3) is 0.692. The maximum Gasteiger partial charge on any atom is 0.222 e. The molecule has 0 unspecified atom stereocenters. The van der Waals surface area contributed by atoms with Gasteiger partial charge in [0.1, 0.15) is 0 Å². The van der Waals surface area contributed by atoms with E-state index in [1.54, 1.807) is 0 Å². The lowest BCUT2D eigenvalue weighted by Gasteiger charge is -2.34. The minimum Gasteiger partial charge on any atom is -0.378 e. The third kappa shape index (κ3) is 7.84. The molecule has 2 saturated heterocycles. The molecule has 184 valence electrons. The predicted molar refractivity (Wildman–Crippen MR) is 144 cm³/mol. The molecule has 3 fully saturated rings.